The number of benzene rings is 2. The van der Waals surface area contributed by atoms with Crippen LogP contribution in [0.4, 0.5) is 10.5 Å². The standard InChI is InChI=1S/C21H23N3O2/c1-13-3-5-15-6-7-18(17(15)9-13)23-21(26)22-12-14-4-8-19-16(10-14)11-20(25)24(19)2/h3-5,8-10,18H,6-7,11-12H2,1-2H3,(H2,22,23,26). The van der Waals surface area contributed by atoms with Gasteiger partial charge in [0, 0.05) is 19.3 Å². The number of urea groups is 1. The molecule has 1 aliphatic carbocycles. The van der Waals surface area contributed by atoms with E-state index in [0.717, 1.165) is 29.7 Å². The average molecular weight is 349 g/mol. The molecule has 1 unspecified atom stereocenters. The molecule has 2 aromatic rings. The van der Waals surface area contributed by atoms with Crippen LogP contribution in [0.3, 0.4) is 0 Å². The Morgan fingerprint density at radius 1 is 1.19 bits per heavy atom. The molecule has 4 rings (SSSR count). The third kappa shape index (κ3) is 3.05. The lowest BCUT2D eigenvalue weighted by atomic mass is 10.1. The fraction of sp³-hybridized carbons (Fsp3) is 0.333. The lowest BCUT2D eigenvalue weighted by Crippen LogP contribution is -2.36. The van der Waals surface area contributed by atoms with Gasteiger partial charge in [-0.2, -0.15) is 0 Å². The minimum atomic E-state index is -0.155. The number of carbonyl (C=O) groups excluding carboxylic acids is 2. The highest BCUT2D eigenvalue weighted by Crippen LogP contribution is 2.31. The Morgan fingerprint density at radius 2 is 2.04 bits per heavy atom. The fourth-order valence-corrected chi connectivity index (χ4v) is 3.90. The van der Waals surface area contributed by atoms with Crippen molar-refractivity contribution in [2.24, 2.45) is 0 Å². The molecule has 5 heteroatoms. The van der Waals surface area contributed by atoms with Crippen LogP contribution in [0.1, 0.15) is 40.3 Å². The van der Waals surface area contributed by atoms with Crippen LogP contribution in [-0.2, 0) is 24.2 Å². The van der Waals surface area contributed by atoms with Crippen molar-refractivity contribution in [3.63, 3.8) is 0 Å². The third-order valence-corrected chi connectivity index (χ3v) is 5.36. The highest BCUT2D eigenvalue weighted by Gasteiger charge is 2.25. The number of rotatable bonds is 3. The molecule has 2 aliphatic rings. The number of amides is 3. The van der Waals surface area contributed by atoms with Crippen molar-refractivity contribution in [1.29, 1.82) is 0 Å². The van der Waals surface area contributed by atoms with E-state index in [1.165, 1.54) is 16.7 Å². The summed E-state index contributed by atoms with van der Waals surface area (Å²) in [5.74, 6) is 0.109. The molecule has 0 bridgehead atoms. The van der Waals surface area contributed by atoms with Crippen LogP contribution in [-0.4, -0.2) is 19.0 Å². The highest BCUT2D eigenvalue weighted by molar-refractivity contribution is 6.00. The van der Waals surface area contributed by atoms with Crippen molar-refractivity contribution in [3.05, 3.63) is 64.2 Å². The Morgan fingerprint density at radius 3 is 2.88 bits per heavy atom. The van der Waals surface area contributed by atoms with Crippen LogP contribution >= 0.6 is 0 Å². The van der Waals surface area contributed by atoms with Crippen LogP contribution in [0.5, 0.6) is 0 Å². The largest absolute Gasteiger partial charge is 0.334 e. The van der Waals surface area contributed by atoms with E-state index in [9.17, 15) is 9.59 Å². The first kappa shape index (κ1) is 16.6. The van der Waals surface area contributed by atoms with Gasteiger partial charge in [0.15, 0.2) is 0 Å². The summed E-state index contributed by atoms with van der Waals surface area (Å²) >= 11 is 0. The maximum Gasteiger partial charge on any atom is 0.315 e. The van der Waals surface area contributed by atoms with Crippen LogP contribution < -0.4 is 15.5 Å². The van der Waals surface area contributed by atoms with Crippen LogP contribution in [0.25, 0.3) is 0 Å². The van der Waals surface area contributed by atoms with Crippen LogP contribution in [0, 0.1) is 6.92 Å². The fourth-order valence-electron chi connectivity index (χ4n) is 3.90. The number of likely N-dealkylation sites (N-methyl/N-ethyl adjacent to an activating group) is 1. The molecule has 134 valence electrons. The molecule has 1 heterocycles. The second-order valence-electron chi connectivity index (χ2n) is 7.21. The first-order valence-electron chi connectivity index (χ1n) is 9.03. The molecule has 0 radical (unpaired) electrons. The van der Waals surface area contributed by atoms with Gasteiger partial charge in [-0.15, -0.1) is 0 Å². The van der Waals surface area contributed by atoms with Gasteiger partial charge in [-0.1, -0.05) is 35.9 Å². The van der Waals surface area contributed by atoms with Crippen molar-refractivity contribution >= 4 is 17.6 Å². The minimum Gasteiger partial charge on any atom is -0.334 e. The van der Waals surface area contributed by atoms with E-state index < -0.39 is 0 Å². The number of anilines is 1. The normalized spacial score (nSPS) is 17.8. The minimum absolute atomic E-state index is 0.0798. The molecule has 0 fully saturated rings. The van der Waals surface area contributed by atoms with Gasteiger partial charge < -0.3 is 15.5 Å². The SMILES string of the molecule is Cc1ccc2c(c1)C(NC(=O)NCc1ccc3c(c1)CC(=O)N3C)CC2. The molecule has 2 aromatic carbocycles. The molecule has 0 aromatic heterocycles. The van der Waals surface area contributed by atoms with Crippen molar-refractivity contribution < 1.29 is 9.59 Å². The molecular formula is C21H23N3O2. The Labute approximate surface area is 153 Å². The topological polar surface area (TPSA) is 61.4 Å². The lowest BCUT2D eigenvalue weighted by Gasteiger charge is -2.16. The molecule has 0 spiro atoms. The summed E-state index contributed by atoms with van der Waals surface area (Å²) in [7, 11) is 1.79. The van der Waals surface area contributed by atoms with Crippen molar-refractivity contribution in [2.45, 2.75) is 38.8 Å². The first-order chi connectivity index (χ1) is 12.5. The van der Waals surface area contributed by atoms with E-state index in [1.54, 1.807) is 11.9 Å². The summed E-state index contributed by atoms with van der Waals surface area (Å²) in [5.41, 5.74) is 6.77. The molecule has 3 amide bonds. The van der Waals surface area contributed by atoms with Crippen molar-refractivity contribution in [1.82, 2.24) is 10.6 Å². The van der Waals surface area contributed by atoms with Gasteiger partial charge in [-0.3, -0.25) is 4.79 Å². The quantitative estimate of drug-likeness (QED) is 0.895. The van der Waals surface area contributed by atoms with E-state index in [2.05, 4.69) is 35.8 Å². The van der Waals surface area contributed by atoms with Gasteiger partial charge in [0.2, 0.25) is 5.91 Å². The molecular weight excluding hydrogens is 326 g/mol. The van der Waals surface area contributed by atoms with Gasteiger partial charge in [0.25, 0.3) is 0 Å². The number of hydrogen-bond donors (Lipinski definition) is 2. The molecule has 0 saturated carbocycles. The predicted molar refractivity (Wildman–Crippen MR) is 101 cm³/mol. The van der Waals surface area contributed by atoms with Gasteiger partial charge in [0.05, 0.1) is 12.5 Å². The summed E-state index contributed by atoms with van der Waals surface area (Å²) in [6.07, 6.45) is 2.39. The summed E-state index contributed by atoms with van der Waals surface area (Å²) in [5, 5.41) is 6.02. The molecule has 1 atom stereocenters. The van der Waals surface area contributed by atoms with E-state index >= 15 is 0 Å². The molecule has 26 heavy (non-hydrogen) atoms. The van der Waals surface area contributed by atoms with E-state index in [4.69, 9.17) is 0 Å². The number of nitrogens with zero attached hydrogens (tertiary/aromatic N) is 1. The summed E-state index contributed by atoms with van der Waals surface area (Å²) in [6.45, 7) is 2.52. The van der Waals surface area contributed by atoms with Crippen LogP contribution in [0.15, 0.2) is 36.4 Å². The highest BCUT2D eigenvalue weighted by atomic mass is 16.2. The zero-order chi connectivity index (χ0) is 18.3. The summed E-state index contributed by atoms with van der Waals surface area (Å²) in [6, 6.07) is 12.3. The first-order valence-corrected chi connectivity index (χ1v) is 9.03. The Bertz CT molecular complexity index is 891. The number of hydrogen-bond acceptors (Lipinski definition) is 2. The summed E-state index contributed by atoms with van der Waals surface area (Å²) in [4.78, 5) is 25.8. The zero-order valence-corrected chi connectivity index (χ0v) is 15.1. The van der Waals surface area contributed by atoms with Gasteiger partial charge in [-0.05, 0) is 48.1 Å². The second kappa shape index (κ2) is 6.48. The van der Waals surface area contributed by atoms with Gasteiger partial charge >= 0.3 is 6.03 Å². The molecule has 2 N–H and O–H groups in total. The Hall–Kier alpha value is -2.82. The summed E-state index contributed by atoms with van der Waals surface area (Å²) < 4.78 is 0. The number of carbonyl (C=O) groups is 2. The number of fused-ring (bicyclic) bond motifs is 2. The molecule has 5 nitrogen and oxygen atoms in total. The predicted octanol–water partition coefficient (Wildman–Crippen LogP) is 3.00. The van der Waals surface area contributed by atoms with Gasteiger partial charge in [-0.25, -0.2) is 4.79 Å². The number of nitrogens with one attached hydrogen (secondary N) is 2. The third-order valence-electron chi connectivity index (χ3n) is 5.36. The average Bonchev–Trinajstić information content (AvgIpc) is 3.14. The van der Waals surface area contributed by atoms with E-state index in [-0.39, 0.29) is 18.0 Å². The smallest absolute Gasteiger partial charge is 0.315 e. The monoisotopic (exact) mass is 349 g/mol. The number of aryl methyl sites for hydroxylation is 2. The van der Waals surface area contributed by atoms with Crippen molar-refractivity contribution in [3.8, 4) is 0 Å². The molecule has 0 saturated heterocycles. The molecule has 1 aliphatic heterocycles. The Balaban J connectivity index is 1.37. The van der Waals surface area contributed by atoms with Crippen LogP contribution in [0.2, 0.25) is 0 Å². The Kier molecular flexibility index (Phi) is 4.15. The van der Waals surface area contributed by atoms with E-state index in [0.29, 0.717) is 13.0 Å². The maximum atomic E-state index is 12.3. The lowest BCUT2D eigenvalue weighted by molar-refractivity contribution is -0.117. The maximum absolute atomic E-state index is 12.3. The van der Waals surface area contributed by atoms with Gasteiger partial charge in [0.1, 0.15) is 0 Å². The second-order valence-corrected chi connectivity index (χ2v) is 7.21. The van der Waals surface area contributed by atoms with E-state index in [1.807, 2.05) is 18.2 Å². The zero-order valence-electron chi connectivity index (χ0n) is 15.1. The van der Waals surface area contributed by atoms with Crippen molar-refractivity contribution in [2.75, 3.05) is 11.9 Å².